The Bertz CT molecular complexity index is 454. The van der Waals surface area contributed by atoms with Crippen LogP contribution in [0.2, 0.25) is 0 Å². The maximum atomic E-state index is 12.5. The van der Waals surface area contributed by atoms with Gasteiger partial charge in [-0.25, -0.2) is 0 Å². The van der Waals surface area contributed by atoms with Gasteiger partial charge in [0.25, 0.3) is 0 Å². The molecule has 1 aromatic rings. The number of ether oxygens (including phenoxy) is 1. The van der Waals surface area contributed by atoms with Crippen molar-refractivity contribution < 1.29 is 14.6 Å². The van der Waals surface area contributed by atoms with Crippen molar-refractivity contribution in [1.29, 1.82) is 0 Å². The third-order valence-corrected chi connectivity index (χ3v) is 4.01. The lowest BCUT2D eigenvalue weighted by molar-refractivity contribution is 0.00426. The van der Waals surface area contributed by atoms with Crippen LogP contribution < -0.4 is 4.74 Å². The number of ketones is 1. The van der Waals surface area contributed by atoms with E-state index >= 15 is 0 Å². The van der Waals surface area contributed by atoms with Crippen molar-refractivity contribution in [1.82, 2.24) is 0 Å². The van der Waals surface area contributed by atoms with E-state index in [-0.39, 0.29) is 11.9 Å². The Labute approximate surface area is 121 Å². The van der Waals surface area contributed by atoms with E-state index in [0.29, 0.717) is 24.3 Å². The normalized spacial score (nSPS) is 26.6. The molecule has 1 fully saturated rings. The van der Waals surface area contributed by atoms with Crippen molar-refractivity contribution in [2.45, 2.75) is 58.2 Å². The second kappa shape index (κ2) is 5.96. The van der Waals surface area contributed by atoms with Crippen LogP contribution in [-0.4, -0.2) is 22.6 Å². The summed E-state index contributed by atoms with van der Waals surface area (Å²) in [7, 11) is 0. The lowest BCUT2D eigenvalue weighted by Crippen LogP contribution is -2.41. The fourth-order valence-corrected chi connectivity index (χ4v) is 2.69. The molecule has 0 bridgehead atoms. The standard InChI is InChI=1S/C17H24O3/c1-12(2)20-15-6-4-14(5-7-15)16(18)17(19)10-8-13(3)9-11-17/h4-7,12-13,19H,8-11H2,1-3H3. The molecule has 0 unspecified atom stereocenters. The highest BCUT2D eigenvalue weighted by Crippen LogP contribution is 2.34. The summed E-state index contributed by atoms with van der Waals surface area (Å²) >= 11 is 0. The summed E-state index contributed by atoms with van der Waals surface area (Å²) in [6.07, 6.45) is 3.07. The molecule has 1 saturated carbocycles. The molecule has 0 aliphatic heterocycles. The average molecular weight is 276 g/mol. The van der Waals surface area contributed by atoms with Gasteiger partial charge in [0.1, 0.15) is 11.4 Å². The van der Waals surface area contributed by atoms with Crippen LogP contribution in [0.3, 0.4) is 0 Å². The molecule has 0 aromatic heterocycles. The van der Waals surface area contributed by atoms with E-state index in [1.807, 2.05) is 13.8 Å². The summed E-state index contributed by atoms with van der Waals surface area (Å²) in [5, 5.41) is 10.5. The Morgan fingerprint density at radius 3 is 2.30 bits per heavy atom. The van der Waals surface area contributed by atoms with Crippen molar-refractivity contribution in [2.24, 2.45) is 5.92 Å². The minimum absolute atomic E-state index is 0.112. The minimum Gasteiger partial charge on any atom is -0.491 e. The van der Waals surface area contributed by atoms with Crippen molar-refractivity contribution in [3.8, 4) is 5.75 Å². The second-order valence-corrected chi connectivity index (χ2v) is 6.23. The number of carbonyl (C=O) groups excluding carboxylic acids is 1. The molecule has 0 spiro atoms. The van der Waals surface area contributed by atoms with Gasteiger partial charge in [0.05, 0.1) is 6.10 Å². The predicted molar refractivity (Wildman–Crippen MR) is 79.1 cm³/mol. The summed E-state index contributed by atoms with van der Waals surface area (Å²) in [6.45, 7) is 6.10. The molecule has 0 heterocycles. The van der Waals surface area contributed by atoms with Crippen LogP contribution in [0.25, 0.3) is 0 Å². The van der Waals surface area contributed by atoms with E-state index in [1.54, 1.807) is 24.3 Å². The van der Waals surface area contributed by atoms with Crippen LogP contribution in [0, 0.1) is 5.92 Å². The number of aliphatic hydroxyl groups is 1. The number of benzene rings is 1. The highest BCUT2D eigenvalue weighted by molar-refractivity contribution is 6.02. The molecule has 1 aliphatic rings. The molecule has 20 heavy (non-hydrogen) atoms. The highest BCUT2D eigenvalue weighted by atomic mass is 16.5. The van der Waals surface area contributed by atoms with Crippen LogP contribution in [-0.2, 0) is 0 Å². The fraction of sp³-hybridized carbons (Fsp3) is 0.588. The van der Waals surface area contributed by atoms with Crippen molar-refractivity contribution >= 4 is 5.78 Å². The molecule has 0 amide bonds. The van der Waals surface area contributed by atoms with Crippen molar-refractivity contribution in [3.05, 3.63) is 29.8 Å². The van der Waals surface area contributed by atoms with Crippen LogP contribution >= 0.6 is 0 Å². The van der Waals surface area contributed by atoms with Gasteiger partial charge in [-0.05, 0) is 69.7 Å². The Morgan fingerprint density at radius 1 is 1.25 bits per heavy atom. The summed E-state index contributed by atoms with van der Waals surface area (Å²) in [4.78, 5) is 12.5. The fourth-order valence-electron chi connectivity index (χ4n) is 2.69. The maximum absolute atomic E-state index is 12.5. The molecule has 2 rings (SSSR count). The van der Waals surface area contributed by atoms with Gasteiger partial charge in [-0.15, -0.1) is 0 Å². The zero-order valence-corrected chi connectivity index (χ0v) is 12.6. The predicted octanol–water partition coefficient (Wildman–Crippen LogP) is 3.60. The molecule has 110 valence electrons. The van der Waals surface area contributed by atoms with Gasteiger partial charge >= 0.3 is 0 Å². The monoisotopic (exact) mass is 276 g/mol. The summed E-state index contributed by atoms with van der Waals surface area (Å²) in [6, 6.07) is 7.08. The maximum Gasteiger partial charge on any atom is 0.194 e. The number of hydrogen-bond donors (Lipinski definition) is 1. The molecule has 0 radical (unpaired) electrons. The molecule has 1 aromatic carbocycles. The number of rotatable bonds is 4. The van der Waals surface area contributed by atoms with Gasteiger partial charge in [-0.3, -0.25) is 4.79 Å². The van der Waals surface area contributed by atoms with Gasteiger partial charge in [-0.1, -0.05) is 6.92 Å². The van der Waals surface area contributed by atoms with E-state index in [9.17, 15) is 9.90 Å². The van der Waals surface area contributed by atoms with E-state index in [2.05, 4.69) is 6.92 Å². The molecule has 1 aliphatic carbocycles. The van der Waals surface area contributed by atoms with Gasteiger partial charge in [0, 0.05) is 5.56 Å². The molecular formula is C17H24O3. The lowest BCUT2D eigenvalue weighted by atomic mass is 9.76. The zero-order chi connectivity index (χ0) is 14.8. The first-order valence-electron chi connectivity index (χ1n) is 7.44. The topological polar surface area (TPSA) is 46.5 Å². The molecule has 0 saturated heterocycles. The lowest BCUT2D eigenvalue weighted by Gasteiger charge is -2.33. The quantitative estimate of drug-likeness (QED) is 0.855. The van der Waals surface area contributed by atoms with Gasteiger partial charge in [-0.2, -0.15) is 0 Å². The van der Waals surface area contributed by atoms with Crippen LogP contribution in [0.15, 0.2) is 24.3 Å². The Balaban J connectivity index is 2.09. The Morgan fingerprint density at radius 2 is 1.80 bits per heavy atom. The van der Waals surface area contributed by atoms with E-state index in [1.165, 1.54) is 0 Å². The first kappa shape index (κ1) is 15.0. The van der Waals surface area contributed by atoms with E-state index in [0.717, 1.165) is 18.6 Å². The average Bonchev–Trinajstić information content (AvgIpc) is 2.42. The van der Waals surface area contributed by atoms with Gasteiger partial charge < -0.3 is 9.84 Å². The number of Topliss-reactive ketones (excluding diaryl/α,β-unsaturated/α-hetero) is 1. The van der Waals surface area contributed by atoms with Crippen molar-refractivity contribution in [3.63, 3.8) is 0 Å². The molecular weight excluding hydrogens is 252 g/mol. The number of carbonyl (C=O) groups is 1. The summed E-state index contributed by atoms with van der Waals surface area (Å²) < 4.78 is 5.56. The van der Waals surface area contributed by atoms with Gasteiger partial charge in [0.2, 0.25) is 0 Å². The smallest absolute Gasteiger partial charge is 0.194 e. The molecule has 0 atom stereocenters. The Kier molecular flexibility index (Phi) is 4.48. The Hall–Kier alpha value is -1.35. The summed E-state index contributed by atoms with van der Waals surface area (Å²) in [5.74, 6) is 1.20. The molecule has 3 nitrogen and oxygen atoms in total. The van der Waals surface area contributed by atoms with E-state index < -0.39 is 5.60 Å². The first-order chi connectivity index (χ1) is 9.40. The van der Waals surface area contributed by atoms with Gasteiger partial charge in [0.15, 0.2) is 5.78 Å². The summed E-state index contributed by atoms with van der Waals surface area (Å²) in [5.41, 5.74) is -0.606. The number of hydrogen-bond acceptors (Lipinski definition) is 3. The van der Waals surface area contributed by atoms with Crippen LogP contribution in [0.1, 0.15) is 56.8 Å². The minimum atomic E-state index is -1.17. The first-order valence-corrected chi connectivity index (χ1v) is 7.44. The largest absolute Gasteiger partial charge is 0.491 e. The second-order valence-electron chi connectivity index (χ2n) is 6.23. The van der Waals surface area contributed by atoms with Crippen LogP contribution in [0.4, 0.5) is 0 Å². The van der Waals surface area contributed by atoms with Crippen LogP contribution in [0.5, 0.6) is 5.75 Å². The van der Waals surface area contributed by atoms with E-state index in [4.69, 9.17) is 4.74 Å². The molecule has 3 heteroatoms. The molecule has 1 N–H and O–H groups in total. The third kappa shape index (κ3) is 3.40. The highest BCUT2D eigenvalue weighted by Gasteiger charge is 2.39. The van der Waals surface area contributed by atoms with Crippen molar-refractivity contribution in [2.75, 3.05) is 0 Å². The SMILES string of the molecule is CC1CCC(O)(C(=O)c2ccc(OC(C)C)cc2)CC1. The zero-order valence-electron chi connectivity index (χ0n) is 12.6. The third-order valence-electron chi connectivity index (χ3n) is 4.01.